The smallest absolute Gasteiger partial charge is 0.227 e. The Balaban J connectivity index is 1.68. The minimum atomic E-state index is -0.564. The number of carbonyl (C=O) groups is 1. The summed E-state index contributed by atoms with van der Waals surface area (Å²) in [5.41, 5.74) is 2.96. The minimum absolute atomic E-state index is 0.0281. The van der Waals surface area contributed by atoms with Gasteiger partial charge in [-0.15, -0.1) is 0 Å². The quantitative estimate of drug-likeness (QED) is 0.792. The zero-order valence-electron chi connectivity index (χ0n) is 13.9. The van der Waals surface area contributed by atoms with Gasteiger partial charge in [0.1, 0.15) is 12.5 Å². The number of fused-ring (bicyclic) bond motifs is 1. The molecule has 4 nitrogen and oxygen atoms in total. The third kappa shape index (κ3) is 3.55. The molecule has 1 aliphatic heterocycles. The fourth-order valence-electron chi connectivity index (χ4n) is 3.01. The van der Waals surface area contributed by atoms with E-state index in [9.17, 15) is 9.18 Å². The molecule has 0 aliphatic carbocycles. The molecule has 0 spiro atoms. The van der Waals surface area contributed by atoms with Crippen LogP contribution in [0.2, 0.25) is 0 Å². The van der Waals surface area contributed by atoms with E-state index in [0.29, 0.717) is 18.7 Å². The lowest BCUT2D eigenvalue weighted by atomic mass is 10.1. The van der Waals surface area contributed by atoms with Crippen molar-refractivity contribution in [3.05, 3.63) is 65.3 Å². The van der Waals surface area contributed by atoms with Gasteiger partial charge in [-0.1, -0.05) is 36.4 Å². The fourth-order valence-corrected chi connectivity index (χ4v) is 3.01. The Bertz CT molecular complexity index is 736. The number of amides is 1. The van der Waals surface area contributed by atoms with Gasteiger partial charge in [-0.25, -0.2) is 9.37 Å². The molecule has 1 aromatic heterocycles. The molecule has 1 aromatic carbocycles. The number of carbonyl (C=O) groups excluding carboxylic acids is 1. The van der Waals surface area contributed by atoms with Crippen LogP contribution in [0.25, 0.3) is 0 Å². The Hall–Kier alpha value is -2.43. The largest absolute Gasteiger partial charge is 0.333 e. The van der Waals surface area contributed by atoms with Crippen molar-refractivity contribution < 1.29 is 9.18 Å². The monoisotopic (exact) mass is 327 g/mol. The van der Waals surface area contributed by atoms with E-state index in [1.165, 1.54) is 11.3 Å². The number of hydrogen-bond donors (Lipinski definition) is 0. The van der Waals surface area contributed by atoms with Gasteiger partial charge in [-0.2, -0.15) is 0 Å². The molecule has 0 N–H and O–H groups in total. The molecule has 0 unspecified atom stereocenters. The first-order chi connectivity index (χ1) is 11.7. The highest BCUT2D eigenvalue weighted by Gasteiger charge is 2.23. The molecule has 3 rings (SSSR count). The summed E-state index contributed by atoms with van der Waals surface area (Å²) >= 11 is 0. The second-order valence-corrected chi connectivity index (χ2v) is 6.05. The van der Waals surface area contributed by atoms with Crippen LogP contribution in [0.3, 0.4) is 0 Å². The summed E-state index contributed by atoms with van der Waals surface area (Å²) in [5.74, 6) is 0.877. The van der Waals surface area contributed by atoms with Crippen molar-refractivity contribution in [3.63, 3.8) is 0 Å². The molecule has 126 valence electrons. The lowest BCUT2D eigenvalue weighted by Crippen LogP contribution is -2.39. The summed E-state index contributed by atoms with van der Waals surface area (Å²) in [6.45, 7) is 3.08. The molecule has 0 radical (unpaired) electrons. The molecule has 1 amide bonds. The van der Waals surface area contributed by atoms with E-state index in [4.69, 9.17) is 0 Å². The Morgan fingerprint density at radius 2 is 2.08 bits per heavy atom. The lowest BCUT2D eigenvalue weighted by molar-refractivity contribution is -0.132. The summed E-state index contributed by atoms with van der Waals surface area (Å²) in [6.07, 6.45) is 4.58. The molecular weight excluding hydrogens is 305 g/mol. The van der Waals surface area contributed by atoms with Crippen molar-refractivity contribution in [1.82, 2.24) is 14.5 Å². The van der Waals surface area contributed by atoms with Gasteiger partial charge in [-0.3, -0.25) is 4.79 Å². The second-order valence-electron chi connectivity index (χ2n) is 6.05. The predicted molar refractivity (Wildman–Crippen MR) is 91.2 cm³/mol. The number of alkyl halides is 1. The third-order valence-electron chi connectivity index (χ3n) is 4.49. The highest BCUT2D eigenvalue weighted by atomic mass is 19.1. The zero-order chi connectivity index (χ0) is 16.9. The van der Waals surface area contributed by atoms with Crippen LogP contribution < -0.4 is 0 Å². The van der Waals surface area contributed by atoms with Crippen LogP contribution in [0.1, 0.15) is 30.4 Å². The fraction of sp³-hybridized carbons (Fsp3) is 0.368. The maximum Gasteiger partial charge on any atom is 0.227 e. The Labute approximate surface area is 141 Å². The summed E-state index contributed by atoms with van der Waals surface area (Å²) in [4.78, 5) is 18.6. The molecule has 0 saturated heterocycles. The van der Waals surface area contributed by atoms with Gasteiger partial charge in [0.15, 0.2) is 0 Å². The molecule has 0 atom stereocenters. The average Bonchev–Trinajstić information content (AvgIpc) is 3.02. The standard InChI is InChI=1S/C19H22FN3O/c1-2-15(12-20)11-19(24)22-8-9-23-17(13-21-18(23)14-22)10-16-6-4-3-5-7-16/h2-7,13H,8-12,14H2,1H3. The van der Waals surface area contributed by atoms with E-state index in [0.717, 1.165) is 18.8 Å². The number of aromatic nitrogens is 2. The lowest BCUT2D eigenvalue weighted by Gasteiger charge is -2.29. The number of allylic oxidation sites excluding steroid dienone is 1. The first kappa shape index (κ1) is 16.4. The Kier molecular flexibility index (Phi) is 5.08. The number of nitrogens with zero attached hydrogens (tertiary/aromatic N) is 3. The van der Waals surface area contributed by atoms with Crippen LogP contribution in [0.5, 0.6) is 0 Å². The van der Waals surface area contributed by atoms with Gasteiger partial charge < -0.3 is 9.47 Å². The van der Waals surface area contributed by atoms with Crippen molar-refractivity contribution in [2.45, 2.75) is 32.9 Å². The number of rotatable bonds is 5. The van der Waals surface area contributed by atoms with Crippen molar-refractivity contribution >= 4 is 5.91 Å². The molecule has 0 fully saturated rings. The Morgan fingerprint density at radius 3 is 2.79 bits per heavy atom. The summed E-state index contributed by atoms with van der Waals surface area (Å²) in [6, 6.07) is 10.3. The second kappa shape index (κ2) is 7.43. The van der Waals surface area contributed by atoms with E-state index < -0.39 is 6.67 Å². The third-order valence-corrected chi connectivity index (χ3v) is 4.49. The van der Waals surface area contributed by atoms with Gasteiger partial charge in [0.25, 0.3) is 0 Å². The van der Waals surface area contributed by atoms with Crippen molar-refractivity contribution in [1.29, 1.82) is 0 Å². The molecule has 5 heteroatoms. The van der Waals surface area contributed by atoms with Crippen LogP contribution in [-0.4, -0.2) is 33.6 Å². The Morgan fingerprint density at radius 1 is 1.29 bits per heavy atom. The van der Waals surface area contributed by atoms with Crippen molar-refractivity contribution in [2.24, 2.45) is 0 Å². The van der Waals surface area contributed by atoms with Crippen molar-refractivity contribution in [2.75, 3.05) is 13.2 Å². The SMILES string of the molecule is CC=C(CF)CC(=O)N1CCn2c(Cc3ccccc3)cnc2C1. The van der Waals surface area contributed by atoms with Gasteiger partial charge in [0.2, 0.25) is 5.91 Å². The van der Waals surface area contributed by atoms with E-state index in [1.54, 1.807) is 17.9 Å². The first-order valence-corrected chi connectivity index (χ1v) is 8.26. The van der Waals surface area contributed by atoms with Gasteiger partial charge in [0, 0.05) is 31.4 Å². The van der Waals surface area contributed by atoms with Crippen LogP contribution in [0, 0.1) is 0 Å². The molecule has 2 heterocycles. The topological polar surface area (TPSA) is 38.1 Å². The van der Waals surface area contributed by atoms with Gasteiger partial charge in [-0.05, 0) is 18.1 Å². The van der Waals surface area contributed by atoms with Gasteiger partial charge in [0.05, 0.1) is 13.0 Å². The molecule has 2 aromatic rings. The maximum absolute atomic E-state index is 12.8. The maximum atomic E-state index is 12.8. The van der Waals surface area contributed by atoms with E-state index in [1.807, 2.05) is 24.4 Å². The number of benzene rings is 1. The van der Waals surface area contributed by atoms with E-state index in [-0.39, 0.29) is 12.3 Å². The average molecular weight is 327 g/mol. The van der Waals surface area contributed by atoms with Gasteiger partial charge >= 0.3 is 0 Å². The highest BCUT2D eigenvalue weighted by molar-refractivity contribution is 5.78. The number of imidazole rings is 1. The van der Waals surface area contributed by atoms with Crippen molar-refractivity contribution in [3.8, 4) is 0 Å². The van der Waals surface area contributed by atoms with Crippen LogP contribution >= 0.6 is 0 Å². The molecule has 24 heavy (non-hydrogen) atoms. The summed E-state index contributed by atoms with van der Waals surface area (Å²) in [5, 5.41) is 0. The molecule has 1 aliphatic rings. The first-order valence-electron chi connectivity index (χ1n) is 8.26. The minimum Gasteiger partial charge on any atom is -0.333 e. The number of halogens is 1. The predicted octanol–water partition coefficient (Wildman–Crippen LogP) is 3.12. The normalized spacial score (nSPS) is 14.6. The van der Waals surface area contributed by atoms with Crippen LogP contribution in [0.4, 0.5) is 4.39 Å². The summed E-state index contributed by atoms with van der Waals surface area (Å²) in [7, 11) is 0. The van der Waals surface area contributed by atoms with Crippen LogP contribution in [-0.2, 0) is 24.3 Å². The van der Waals surface area contributed by atoms with E-state index >= 15 is 0 Å². The highest BCUT2D eigenvalue weighted by Crippen LogP contribution is 2.18. The molecular formula is C19H22FN3O. The van der Waals surface area contributed by atoms with E-state index in [2.05, 4.69) is 21.7 Å². The number of hydrogen-bond acceptors (Lipinski definition) is 2. The molecule has 0 bridgehead atoms. The van der Waals surface area contributed by atoms with Crippen LogP contribution in [0.15, 0.2) is 48.2 Å². The summed E-state index contributed by atoms with van der Waals surface area (Å²) < 4.78 is 15.0. The zero-order valence-corrected chi connectivity index (χ0v) is 13.9. The molecule has 0 saturated carbocycles.